The van der Waals surface area contributed by atoms with Crippen LogP contribution in [-0.4, -0.2) is 13.3 Å². The molecule has 0 fully saturated rings. The van der Waals surface area contributed by atoms with E-state index in [1.807, 2.05) is 32.2 Å². The van der Waals surface area contributed by atoms with E-state index in [1.54, 1.807) is 0 Å². The van der Waals surface area contributed by atoms with Crippen molar-refractivity contribution in [2.24, 2.45) is 0 Å². The summed E-state index contributed by atoms with van der Waals surface area (Å²) in [6.45, 7) is 2.04. The van der Waals surface area contributed by atoms with Crippen LogP contribution in [0.3, 0.4) is 0 Å². The molecule has 11 heavy (non-hydrogen) atoms. The Morgan fingerprint density at radius 2 is 2.09 bits per heavy atom. The maximum Gasteiger partial charge on any atom is 0.169 e. The normalized spacial score (nSPS) is 21.3. The molecule has 0 aliphatic carbocycles. The van der Waals surface area contributed by atoms with Crippen molar-refractivity contribution >= 4 is 5.69 Å². The van der Waals surface area contributed by atoms with Crippen LogP contribution in [0.5, 0.6) is 5.75 Å². The van der Waals surface area contributed by atoms with Crippen molar-refractivity contribution in [2.75, 3.05) is 11.9 Å². The molecule has 0 saturated heterocycles. The third-order valence-corrected chi connectivity index (χ3v) is 2.09. The number of rotatable bonds is 0. The summed E-state index contributed by atoms with van der Waals surface area (Å²) in [5.41, 5.74) is 1.18. The third-order valence-electron chi connectivity index (χ3n) is 2.09. The highest BCUT2D eigenvalue weighted by atomic mass is 16.5. The lowest BCUT2D eigenvalue weighted by atomic mass is 10.3. The SMILES string of the molecule is CC1Oc2ccccc2N1C. The van der Waals surface area contributed by atoms with Crippen LogP contribution >= 0.6 is 0 Å². The maximum absolute atomic E-state index is 5.54. The van der Waals surface area contributed by atoms with Crippen molar-refractivity contribution in [1.29, 1.82) is 0 Å². The standard InChI is InChI=1S/C9H11NO/c1-7-10(2)8-5-3-4-6-9(8)11-7/h3-7H,1-2H3. The van der Waals surface area contributed by atoms with E-state index >= 15 is 0 Å². The van der Waals surface area contributed by atoms with Gasteiger partial charge in [0.15, 0.2) is 6.23 Å². The third kappa shape index (κ3) is 0.862. The van der Waals surface area contributed by atoms with E-state index in [0.29, 0.717) is 0 Å². The molecule has 1 aromatic carbocycles. The highest BCUT2D eigenvalue weighted by molar-refractivity contribution is 5.61. The molecule has 1 aliphatic heterocycles. The Labute approximate surface area is 66.4 Å². The average Bonchev–Trinajstić information content (AvgIpc) is 2.30. The predicted molar refractivity (Wildman–Crippen MR) is 44.9 cm³/mol. The van der Waals surface area contributed by atoms with Crippen LogP contribution in [0.15, 0.2) is 24.3 Å². The number of benzene rings is 1. The van der Waals surface area contributed by atoms with Gasteiger partial charge in [0.05, 0.1) is 5.69 Å². The number of hydrogen-bond donors (Lipinski definition) is 0. The lowest BCUT2D eigenvalue weighted by Crippen LogP contribution is -2.26. The minimum atomic E-state index is 0.174. The van der Waals surface area contributed by atoms with Crippen LogP contribution in [0.1, 0.15) is 6.92 Å². The summed E-state index contributed by atoms with van der Waals surface area (Å²) < 4.78 is 5.54. The summed E-state index contributed by atoms with van der Waals surface area (Å²) in [6, 6.07) is 8.08. The number of fused-ring (bicyclic) bond motifs is 1. The zero-order chi connectivity index (χ0) is 7.84. The first kappa shape index (κ1) is 6.53. The van der Waals surface area contributed by atoms with Crippen LogP contribution in [0, 0.1) is 0 Å². The molecule has 0 radical (unpaired) electrons. The van der Waals surface area contributed by atoms with Gasteiger partial charge in [0.1, 0.15) is 5.75 Å². The zero-order valence-electron chi connectivity index (χ0n) is 6.74. The van der Waals surface area contributed by atoms with Gasteiger partial charge in [-0.2, -0.15) is 0 Å². The quantitative estimate of drug-likeness (QED) is 0.558. The largest absolute Gasteiger partial charge is 0.469 e. The minimum Gasteiger partial charge on any atom is -0.469 e. The van der Waals surface area contributed by atoms with Crippen LogP contribution in [0.4, 0.5) is 5.69 Å². The van der Waals surface area contributed by atoms with E-state index in [4.69, 9.17) is 4.74 Å². The summed E-state index contributed by atoms with van der Waals surface area (Å²) in [4.78, 5) is 2.12. The minimum absolute atomic E-state index is 0.174. The van der Waals surface area contributed by atoms with E-state index in [0.717, 1.165) is 5.75 Å². The van der Waals surface area contributed by atoms with Crippen LogP contribution in [-0.2, 0) is 0 Å². The molecule has 2 rings (SSSR count). The molecule has 1 heterocycles. The van der Waals surface area contributed by atoms with Crippen LogP contribution in [0.25, 0.3) is 0 Å². The van der Waals surface area contributed by atoms with Crippen molar-refractivity contribution < 1.29 is 4.74 Å². The van der Waals surface area contributed by atoms with E-state index in [-0.39, 0.29) is 6.23 Å². The second-order valence-electron chi connectivity index (χ2n) is 2.80. The van der Waals surface area contributed by atoms with Gasteiger partial charge in [0.2, 0.25) is 0 Å². The smallest absolute Gasteiger partial charge is 0.169 e. The van der Waals surface area contributed by atoms with Gasteiger partial charge in [-0.3, -0.25) is 0 Å². The first-order valence-corrected chi connectivity index (χ1v) is 3.77. The number of ether oxygens (including phenoxy) is 1. The molecular weight excluding hydrogens is 138 g/mol. The zero-order valence-corrected chi connectivity index (χ0v) is 6.74. The number of nitrogens with zero attached hydrogens (tertiary/aromatic N) is 1. The molecule has 1 atom stereocenters. The fourth-order valence-electron chi connectivity index (χ4n) is 1.31. The van der Waals surface area contributed by atoms with Crippen molar-refractivity contribution in [3.05, 3.63) is 24.3 Å². The molecule has 1 aliphatic rings. The molecule has 58 valence electrons. The van der Waals surface area contributed by atoms with Gasteiger partial charge in [-0.25, -0.2) is 0 Å². The van der Waals surface area contributed by atoms with E-state index < -0.39 is 0 Å². The summed E-state index contributed by atoms with van der Waals surface area (Å²) >= 11 is 0. The van der Waals surface area contributed by atoms with Crippen molar-refractivity contribution in [3.8, 4) is 5.75 Å². The Bertz CT molecular complexity index is 272. The fourth-order valence-corrected chi connectivity index (χ4v) is 1.31. The molecule has 0 saturated carbocycles. The number of para-hydroxylation sites is 2. The number of hydrogen-bond acceptors (Lipinski definition) is 2. The van der Waals surface area contributed by atoms with E-state index in [1.165, 1.54) is 5.69 Å². The van der Waals surface area contributed by atoms with Crippen molar-refractivity contribution in [3.63, 3.8) is 0 Å². The van der Waals surface area contributed by atoms with Crippen LogP contribution in [0.2, 0.25) is 0 Å². The maximum atomic E-state index is 5.54. The second kappa shape index (κ2) is 2.16. The molecule has 2 heteroatoms. The van der Waals surface area contributed by atoms with E-state index in [2.05, 4.69) is 11.0 Å². The summed E-state index contributed by atoms with van der Waals surface area (Å²) in [5.74, 6) is 0.988. The fraction of sp³-hybridized carbons (Fsp3) is 0.333. The summed E-state index contributed by atoms with van der Waals surface area (Å²) in [5, 5.41) is 0. The Morgan fingerprint density at radius 1 is 1.36 bits per heavy atom. The average molecular weight is 149 g/mol. The second-order valence-corrected chi connectivity index (χ2v) is 2.80. The Hall–Kier alpha value is -1.18. The Balaban J connectivity index is 2.47. The highest BCUT2D eigenvalue weighted by Crippen LogP contribution is 2.34. The highest BCUT2D eigenvalue weighted by Gasteiger charge is 2.22. The van der Waals surface area contributed by atoms with Gasteiger partial charge in [-0.15, -0.1) is 0 Å². The molecule has 0 amide bonds. The molecule has 0 bridgehead atoms. The first-order valence-electron chi connectivity index (χ1n) is 3.77. The van der Waals surface area contributed by atoms with Gasteiger partial charge >= 0.3 is 0 Å². The van der Waals surface area contributed by atoms with Gasteiger partial charge < -0.3 is 9.64 Å². The van der Waals surface area contributed by atoms with Gasteiger partial charge in [0.25, 0.3) is 0 Å². The summed E-state index contributed by atoms with van der Waals surface area (Å²) in [7, 11) is 2.04. The lowest BCUT2D eigenvalue weighted by Gasteiger charge is -2.14. The van der Waals surface area contributed by atoms with Crippen LogP contribution < -0.4 is 9.64 Å². The monoisotopic (exact) mass is 149 g/mol. The Morgan fingerprint density at radius 3 is 2.82 bits per heavy atom. The molecule has 1 aromatic rings. The van der Waals surface area contributed by atoms with Gasteiger partial charge in [-0.05, 0) is 19.1 Å². The molecule has 0 aromatic heterocycles. The molecule has 1 unspecified atom stereocenters. The molecule has 0 N–H and O–H groups in total. The van der Waals surface area contributed by atoms with E-state index in [9.17, 15) is 0 Å². The molecular formula is C9H11NO. The topological polar surface area (TPSA) is 12.5 Å². The van der Waals surface area contributed by atoms with Crippen molar-refractivity contribution in [2.45, 2.75) is 13.2 Å². The summed E-state index contributed by atoms with van der Waals surface area (Å²) in [6.07, 6.45) is 0.174. The number of anilines is 1. The van der Waals surface area contributed by atoms with Gasteiger partial charge in [-0.1, -0.05) is 12.1 Å². The first-order chi connectivity index (χ1) is 5.29. The van der Waals surface area contributed by atoms with Gasteiger partial charge in [0, 0.05) is 7.05 Å². The Kier molecular flexibility index (Phi) is 1.28. The lowest BCUT2D eigenvalue weighted by molar-refractivity contribution is 0.251. The van der Waals surface area contributed by atoms with Crippen molar-refractivity contribution in [1.82, 2.24) is 0 Å². The predicted octanol–water partition coefficient (Wildman–Crippen LogP) is 1.86. The molecule has 2 nitrogen and oxygen atoms in total. The molecule has 0 spiro atoms.